The van der Waals surface area contributed by atoms with Gasteiger partial charge in [0.25, 0.3) is 0 Å². The molecule has 0 saturated carbocycles. The van der Waals surface area contributed by atoms with Gasteiger partial charge >= 0.3 is 0 Å². The molecule has 0 aliphatic carbocycles. The Morgan fingerprint density at radius 2 is 1.80 bits per heavy atom. The number of furan rings is 1. The zero-order chi connectivity index (χ0) is 14.7. The van der Waals surface area contributed by atoms with Gasteiger partial charge < -0.3 is 19.2 Å². The lowest BCUT2D eigenvalue weighted by molar-refractivity contribution is 0.394. The minimum Gasteiger partial charge on any atom is -0.497 e. The van der Waals surface area contributed by atoms with Crippen LogP contribution in [0.25, 0.3) is 0 Å². The summed E-state index contributed by atoms with van der Waals surface area (Å²) in [6.45, 7) is 3.92. The van der Waals surface area contributed by atoms with Crippen LogP contribution >= 0.6 is 0 Å². The van der Waals surface area contributed by atoms with Crippen molar-refractivity contribution < 1.29 is 13.9 Å². The SMILES string of the molecule is CNC(c1cc(OC)ccc1OC)c1cc(C)oc1C. The average Bonchev–Trinajstić information content (AvgIpc) is 2.78. The molecule has 20 heavy (non-hydrogen) atoms. The van der Waals surface area contributed by atoms with Crippen molar-refractivity contribution in [2.24, 2.45) is 0 Å². The first-order valence-electron chi connectivity index (χ1n) is 6.56. The lowest BCUT2D eigenvalue weighted by Gasteiger charge is -2.19. The van der Waals surface area contributed by atoms with E-state index >= 15 is 0 Å². The summed E-state index contributed by atoms with van der Waals surface area (Å²) in [6, 6.07) is 7.85. The second-order valence-corrected chi connectivity index (χ2v) is 4.70. The molecule has 1 aromatic carbocycles. The van der Waals surface area contributed by atoms with Crippen LogP contribution < -0.4 is 14.8 Å². The Labute approximate surface area is 119 Å². The molecule has 1 atom stereocenters. The fourth-order valence-electron chi connectivity index (χ4n) is 2.48. The predicted molar refractivity (Wildman–Crippen MR) is 78.6 cm³/mol. The summed E-state index contributed by atoms with van der Waals surface area (Å²) in [6.07, 6.45) is 0. The summed E-state index contributed by atoms with van der Waals surface area (Å²) in [5.41, 5.74) is 2.13. The maximum Gasteiger partial charge on any atom is 0.124 e. The Morgan fingerprint density at radius 1 is 1.05 bits per heavy atom. The summed E-state index contributed by atoms with van der Waals surface area (Å²) >= 11 is 0. The maximum atomic E-state index is 5.64. The molecule has 0 aliphatic rings. The first-order valence-corrected chi connectivity index (χ1v) is 6.56. The highest BCUT2D eigenvalue weighted by molar-refractivity contribution is 5.46. The van der Waals surface area contributed by atoms with Crippen LogP contribution in [0.4, 0.5) is 0 Å². The van der Waals surface area contributed by atoms with Crippen molar-refractivity contribution in [3.63, 3.8) is 0 Å². The van der Waals surface area contributed by atoms with Crippen LogP contribution in [0.5, 0.6) is 11.5 Å². The van der Waals surface area contributed by atoms with Gasteiger partial charge in [-0.2, -0.15) is 0 Å². The Kier molecular flexibility index (Phi) is 4.35. The van der Waals surface area contributed by atoms with Gasteiger partial charge in [-0.1, -0.05) is 0 Å². The Hall–Kier alpha value is -1.94. The van der Waals surface area contributed by atoms with Gasteiger partial charge in [0.15, 0.2) is 0 Å². The molecule has 1 heterocycles. The summed E-state index contributed by atoms with van der Waals surface area (Å²) in [4.78, 5) is 0. The number of aryl methyl sites for hydroxylation is 2. The van der Waals surface area contributed by atoms with Gasteiger partial charge in [0, 0.05) is 11.1 Å². The number of hydrogen-bond acceptors (Lipinski definition) is 4. The zero-order valence-electron chi connectivity index (χ0n) is 12.6. The van der Waals surface area contributed by atoms with Crippen LogP contribution in [0, 0.1) is 13.8 Å². The third-order valence-electron chi connectivity index (χ3n) is 3.43. The lowest BCUT2D eigenvalue weighted by Crippen LogP contribution is -2.18. The van der Waals surface area contributed by atoms with Crippen molar-refractivity contribution in [3.05, 3.63) is 46.9 Å². The van der Waals surface area contributed by atoms with Gasteiger partial charge in [-0.3, -0.25) is 0 Å². The van der Waals surface area contributed by atoms with E-state index in [1.807, 2.05) is 39.1 Å². The Morgan fingerprint density at radius 3 is 2.30 bits per heavy atom. The largest absolute Gasteiger partial charge is 0.497 e. The molecule has 0 amide bonds. The highest BCUT2D eigenvalue weighted by Gasteiger charge is 2.21. The molecule has 0 bridgehead atoms. The summed E-state index contributed by atoms with van der Waals surface area (Å²) in [5, 5.41) is 3.32. The van der Waals surface area contributed by atoms with Crippen molar-refractivity contribution in [3.8, 4) is 11.5 Å². The van der Waals surface area contributed by atoms with E-state index in [4.69, 9.17) is 13.9 Å². The third kappa shape index (κ3) is 2.65. The quantitative estimate of drug-likeness (QED) is 0.910. The Bertz CT molecular complexity index is 589. The van der Waals surface area contributed by atoms with Crippen molar-refractivity contribution in [1.82, 2.24) is 5.32 Å². The molecule has 0 aliphatic heterocycles. The minimum atomic E-state index is -0.00231. The number of methoxy groups -OCH3 is 2. The van der Waals surface area contributed by atoms with Gasteiger partial charge in [0.1, 0.15) is 23.0 Å². The molecule has 0 saturated heterocycles. The monoisotopic (exact) mass is 275 g/mol. The topological polar surface area (TPSA) is 43.6 Å². The van der Waals surface area contributed by atoms with Crippen LogP contribution in [0.1, 0.15) is 28.7 Å². The van der Waals surface area contributed by atoms with Crippen LogP contribution in [0.3, 0.4) is 0 Å². The van der Waals surface area contributed by atoms with E-state index in [0.717, 1.165) is 34.1 Å². The zero-order valence-corrected chi connectivity index (χ0v) is 12.6. The number of ether oxygens (including phenoxy) is 2. The highest BCUT2D eigenvalue weighted by Crippen LogP contribution is 2.35. The fraction of sp³-hybridized carbons (Fsp3) is 0.375. The van der Waals surface area contributed by atoms with Gasteiger partial charge in [-0.25, -0.2) is 0 Å². The van der Waals surface area contributed by atoms with E-state index in [1.54, 1.807) is 14.2 Å². The minimum absolute atomic E-state index is 0.00231. The Balaban J connectivity index is 2.53. The molecule has 4 nitrogen and oxygen atoms in total. The summed E-state index contributed by atoms with van der Waals surface area (Å²) < 4.78 is 16.4. The maximum absolute atomic E-state index is 5.64. The molecule has 1 N–H and O–H groups in total. The number of rotatable bonds is 5. The third-order valence-corrected chi connectivity index (χ3v) is 3.43. The van der Waals surface area contributed by atoms with E-state index in [9.17, 15) is 0 Å². The van der Waals surface area contributed by atoms with Crippen molar-refractivity contribution in [2.75, 3.05) is 21.3 Å². The molecule has 0 spiro atoms. The molecule has 108 valence electrons. The van der Waals surface area contributed by atoms with E-state index in [1.165, 1.54) is 0 Å². The molecule has 2 rings (SSSR count). The second-order valence-electron chi connectivity index (χ2n) is 4.70. The van der Waals surface area contributed by atoms with Crippen LogP contribution in [-0.4, -0.2) is 21.3 Å². The van der Waals surface area contributed by atoms with E-state index in [-0.39, 0.29) is 6.04 Å². The van der Waals surface area contributed by atoms with E-state index in [2.05, 4.69) is 11.4 Å². The van der Waals surface area contributed by atoms with Crippen molar-refractivity contribution >= 4 is 0 Å². The van der Waals surface area contributed by atoms with Crippen molar-refractivity contribution in [2.45, 2.75) is 19.9 Å². The molecule has 0 radical (unpaired) electrons. The first-order chi connectivity index (χ1) is 9.60. The van der Waals surface area contributed by atoms with E-state index in [0.29, 0.717) is 0 Å². The summed E-state index contributed by atoms with van der Waals surface area (Å²) in [5.74, 6) is 3.44. The summed E-state index contributed by atoms with van der Waals surface area (Å²) in [7, 11) is 5.25. The van der Waals surface area contributed by atoms with Crippen molar-refractivity contribution in [1.29, 1.82) is 0 Å². The standard InChI is InChI=1S/C16H21NO3/c1-10-8-13(11(2)20-10)16(17-3)14-9-12(18-4)6-7-15(14)19-5/h6-9,16-17H,1-5H3. The molecular weight excluding hydrogens is 254 g/mol. The fourth-order valence-corrected chi connectivity index (χ4v) is 2.48. The first kappa shape index (κ1) is 14.5. The molecule has 0 fully saturated rings. The predicted octanol–water partition coefficient (Wildman–Crippen LogP) is 3.22. The normalized spacial score (nSPS) is 12.2. The van der Waals surface area contributed by atoms with Crippen LogP contribution in [0.2, 0.25) is 0 Å². The lowest BCUT2D eigenvalue weighted by atomic mass is 9.98. The smallest absolute Gasteiger partial charge is 0.124 e. The second kappa shape index (κ2) is 6.01. The molecule has 1 aromatic heterocycles. The van der Waals surface area contributed by atoms with Gasteiger partial charge in [-0.15, -0.1) is 0 Å². The highest BCUT2D eigenvalue weighted by atomic mass is 16.5. The molecular formula is C16H21NO3. The molecule has 1 unspecified atom stereocenters. The number of benzene rings is 1. The average molecular weight is 275 g/mol. The van der Waals surface area contributed by atoms with Crippen LogP contribution in [-0.2, 0) is 0 Å². The van der Waals surface area contributed by atoms with E-state index < -0.39 is 0 Å². The van der Waals surface area contributed by atoms with Gasteiger partial charge in [0.2, 0.25) is 0 Å². The molecule has 4 heteroatoms. The number of nitrogens with one attached hydrogen (secondary N) is 1. The molecule has 2 aromatic rings. The van der Waals surface area contributed by atoms with Crippen LogP contribution in [0.15, 0.2) is 28.7 Å². The van der Waals surface area contributed by atoms with Gasteiger partial charge in [-0.05, 0) is 45.2 Å². The number of hydrogen-bond donors (Lipinski definition) is 1. The van der Waals surface area contributed by atoms with Gasteiger partial charge in [0.05, 0.1) is 20.3 Å².